The summed E-state index contributed by atoms with van der Waals surface area (Å²) in [7, 11) is 0. The largest absolute Gasteiger partial charge is 0.453 e. The first-order chi connectivity index (χ1) is 15.9. The molecule has 2 aromatic carbocycles. The Balaban J connectivity index is 1.53. The van der Waals surface area contributed by atoms with Crippen molar-refractivity contribution < 1.29 is 13.9 Å². The van der Waals surface area contributed by atoms with Crippen LogP contribution in [-0.4, -0.2) is 22.4 Å². The Morgan fingerprint density at radius 3 is 2.82 bits per heavy atom. The molecule has 1 aromatic heterocycles. The van der Waals surface area contributed by atoms with E-state index < -0.39 is 12.1 Å². The molecule has 1 amide bonds. The van der Waals surface area contributed by atoms with E-state index >= 15 is 0 Å². The van der Waals surface area contributed by atoms with Crippen molar-refractivity contribution in [1.82, 2.24) is 15.3 Å². The normalized spacial score (nSPS) is 14.3. The van der Waals surface area contributed by atoms with Gasteiger partial charge in [0.2, 0.25) is 0 Å². The third-order valence-corrected chi connectivity index (χ3v) is 5.67. The van der Waals surface area contributed by atoms with Gasteiger partial charge in [0.25, 0.3) is 5.91 Å². The maximum atomic E-state index is 14.7. The molecule has 1 heterocycles. The summed E-state index contributed by atoms with van der Waals surface area (Å²) in [5.41, 5.74) is 6.79. The quantitative estimate of drug-likeness (QED) is 0.418. The number of carbonyl (C=O) groups is 1. The van der Waals surface area contributed by atoms with Gasteiger partial charge in [-0.3, -0.25) is 4.79 Å². The Labute approximate surface area is 200 Å². The number of carbonyl (C=O) groups excluding carboxylic acids is 1. The number of nitrogens with two attached hydrogens (primary N) is 1. The molecule has 0 radical (unpaired) electrons. The van der Waals surface area contributed by atoms with Gasteiger partial charge in [0, 0.05) is 15.6 Å². The minimum atomic E-state index is -1.54. The third kappa shape index (κ3) is 5.80. The molecule has 0 saturated heterocycles. The third-order valence-electron chi connectivity index (χ3n) is 5.11. The second-order valence-electron chi connectivity index (χ2n) is 7.59. The molecule has 1 atom stereocenters. The van der Waals surface area contributed by atoms with Crippen LogP contribution in [0.5, 0.6) is 11.5 Å². The minimum Gasteiger partial charge on any atom is -0.453 e. The summed E-state index contributed by atoms with van der Waals surface area (Å²) >= 11 is 11.9. The molecule has 0 aliphatic heterocycles. The van der Waals surface area contributed by atoms with Crippen LogP contribution in [0, 0.1) is 0 Å². The highest BCUT2D eigenvalue weighted by Crippen LogP contribution is 2.41. The highest BCUT2D eigenvalue weighted by Gasteiger charge is 2.24. The molecular weight excluding hydrogens is 466 g/mol. The van der Waals surface area contributed by atoms with E-state index in [2.05, 4.69) is 15.3 Å². The Morgan fingerprint density at radius 2 is 2.09 bits per heavy atom. The molecule has 1 aliphatic rings. The maximum Gasteiger partial charge on any atom is 0.274 e. The maximum absolute atomic E-state index is 14.7. The number of ether oxygens (including phenoxy) is 1. The summed E-state index contributed by atoms with van der Waals surface area (Å²) in [5.74, 6) is 0.861. The first kappa shape index (κ1) is 23.0. The van der Waals surface area contributed by atoms with Crippen LogP contribution < -0.4 is 15.8 Å². The van der Waals surface area contributed by atoms with Crippen LogP contribution in [-0.2, 0) is 0 Å². The highest BCUT2D eigenvalue weighted by molar-refractivity contribution is 6.35. The molecule has 1 aliphatic carbocycles. The Kier molecular flexibility index (Phi) is 7.11. The summed E-state index contributed by atoms with van der Waals surface area (Å²) in [6, 6.07) is 12.1. The van der Waals surface area contributed by atoms with Crippen molar-refractivity contribution in [2.45, 2.75) is 24.9 Å². The first-order valence-electron chi connectivity index (χ1n) is 10.3. The number of amides is 1. The van der Waals surface area contributed by atoms with Crippen LogP contribution in [0.15, 0.2) is 54.9 Å². The van der Waals surface area contributed by atoms with Crippen molar-refractivity contribution in [3.63, 3.8) is 0 Å². The predicted molar refractivity (Wildman–Crippen MR) is 126 cm³/mol. The number of halogens is 3. The fourth-order valence-corrected chi connectivity index (χ4v) is 3.82. The lowest BCUT2D eigenvalue weighted by Crippen LogP contribution is -2.28. The molecule has 0 bridgehead atoms. The van der Waals surface area contributed by atoms with Crippen LogP contribution in [0.4, 0.5) is 4.39 Å². The van der Waals surface area contributed by atoms with Crippen LogP contribution in [0.3, 0.4) is 0 Å². The lowest BCUT2D eigenvalue weighted by Gasteiger charge is -2.14. The van der Waals surface area contributed by atoms with Crippen molar-refractivity contribution in [2.24, 2.45) is 5.73 Å². The average Bonchev–Trinajstić information content (AvgIpc) is 3.64. The van der Waals surface area contributed by atoms with Gasteiger partial charge in [-0.25, -0.2) is 14.4 Å². The van der Waals surface area contributed by atoms with E-state index in [9.17, 15) is 9.18 Å². The van der Waals surface area contributed by atoms with Gasteiger partial charge < -0.3 is 15.8 Å². The van der Waals surface area contributed by atoms with Crippen molar-refractivity contribution >= 4 is 35.2 Å². The predicted octanol–water partition coefficient (Wildman–Crippen LogP) is 5.82. The summed E-state index contributed by atoms with van der Waals surface area (Å²) in [6.07, 6.45) is 4.87. The van der Waals surface area contributed by atoms with Crippen LogP contribution in [0.2, 0.25) is 10.0 Å². The zero-order valence-electron chi connectivity index (χ0n) is 17.5. The molecule has 6 nitrogen and oxygen atoms in total. The van der Waals surface area contributed by atoms with Gasteiger partial charge in [-0.2, -0.15) is 0 Å². The molecule has 3 aromatic rings. The van der Waals surface area contributed by atoms with E-state index in [-0.39, 0.29) is 34.4 Å². The zero-order valence-corrected chi connectivity index (χ0v) is 19.0. The van der Waals surface area contributed by atoms with E-state index in [0.29, 0.717) is 16.7 Å². The standard InChI is InChI=1S/C24H21Cl2FN4O2/c25-16-6-7-18(19(26)11-16)20(27)12-30-24(32)23-21(13-29-22(31-23)8-9-28)33-17-3-1-2-15(10-17)14-4-5-14/h1-3,6-11,13-14,20H,4-5,12,28H2,(H,30,32). The van der Waals surface area contributed by atoms with Gasteiger partial charge in [-0.05, 0) is 60.9 Å². The van der Waals surface area contributed by atoms with Crippen molar-refractivity contribution in [3.8, 4) is 11.5 Å². The fraction of sp³-hybridized carbons (Fsp3) is 0.208. The van der Waals surface area contributed by atoms with Gasteiger partial charge >= 0.3 is 0 Å². The number of hydrogen-bond acceptors (Lipinski definition) is 5. The average molecular weight is 487 g/mol. The van der Waals surface area contributed by atoms with Crippen LogP contribution in [0.25, 0.3) is 6.08 Å². The van der Waals surface area contributed by atoms with E-state index in [1.54, 1.807) is 6.07 Å². The monoisotopic (exact) mass is 486 g/mol. The van der Waals surface area contributed by atoms with Gasteiger partial charge in [0.15, 0.2) is 17.3 Å². The number of alkyl halides is 1. The van der Waals surface area contributed by atoms with E-state index in [0.717, 1.165) is 12.8 Å². The second-order valence-corrected chi connectivity index (χ2v) is 8.44. The summed E-state index contributed by atoms with van der Waals surface area (Å²) in [6.45, 7) is -0.317. The van der Waals surface area contributed by atoms with E-state index in [1.165, 1.54) is 42.2 Å². The van der Waals surface area contributed by atoms with Crippen molar-refractivity contribution in [3.05, 3.63) is 87.6 Å². The number of rotatable bonds is 8. The second kappa shape index (κ2) is 10.2. The molecule has 4 rings (SSSR count). The molecular formula is C24H21Cl2FN4O2. The van der Waals surface area contributed by atoms with Gasteiger partial charge in [-0.15, -0.1) is 0 Å². The number of hydrogen-bond donors (Lipinski definition) is 2. The summed E-state index contributed by atoms with van der Waals surface area (Å²) < 4.78 is 20.7. The Bertz CT molecular complexity index is 1200. The SMILES string of the molecule is NC=Cc1ncc(Oc2cccc(C3CC3)c2)c(C(=O)NCC(F)c2ccc(Cl)cc2Cl)n1. The van der Waals surface area contributed by atoms with Gasteiger partial charge in [0.1, 0.15) is 11.9 Å². The molecule has 33 heavy (non-hydrogen) atoms. The molecule has 0 spiro atoms. The molecule has 3 N–H and O–H groups in total. The first-order valence-corrected chi connectivity index (χ1v) is 11.1. The van der Waals surface area contributed by atoms with Crippen molar-refractivity contribution in [2.75, 3.05) is 6.54 Å². The number of nitrogens with one attached hydrogen (secondary N) is 1. The Morgan fingerprint density at radius 1 is 1.27 bits per heavy atom. The van der Waals surface area contributed by atoms with Crippen LogP contribution in [0.1, 0.15) is 52.4 Å². The molecule has 1 saturated carbocycles. The van der Waals surface area contributed by atoms with Crippen LogP contribution >= 0.6 is 23.2 Å². The van der Waals surface area contributed by atoms with Gasteiger partial charge in [-0.1, -0.05) is 41.4 Å². The lowest BCUT2D eigenvalue weighted by molar-refractivity contribution is 0.0934. The number of nitrogens with zero attached hydrogens (tertiary/aromatic N) is 2. The fourth-order valence-electron chi connectivity index (χ4n) is 3.30. The molecule has 170 valence electrons. The van der Waals surface area contributed by atoms with Gasteiger partial charge in [0.05, 0.1) is 12.7 Å². The zero-order chi connectivity index (χ0) is 23.4. The van der Waals surface area contributed by atoms with E-state index in [1.807, 2.05) is 18.2 Å². The molecule has 1 unspecified atom stereocenters. The molecule has 9 heteroatoms. The highest BCUT2D eigenvalue weighted by atomic mass is 35.5. The molecule has 1 fully saturated rings. The smallest absolute Gasteiger partial charge is 0.274 e. The Hall–Kier alpha value is -3.16. The summed E-state index contributed by atoms with van der Waals surface area (Å²) in [4.78, 5) is 21.3. The van der Waals surface area contributed by atoms with E-state index in [4.69, 9.17) is 33.7 Å². The number of benzene rings is 2. The van der Waals surface area contributed by atoms with Crippen molar-refractivity contribution in [1.29, 1.82) is 0 Å². The number of aromatic nitrogens is 2. The minimum absolute atomic E-state index is 0.0377. The lowest BCUT2D eigenvalue weighted by atomic mass is 10.1. The summed E-state index contributed by atoms with van der Waals surface area (Å²) in [5, 5.41) is 3.12. The topological polar surface area (TPSA) is 90.1 Å².